The van der Waals surface area contributed by atoms with Crippen molar-refractivity contribution in [3.63, 3.8) is 0 Å². The van der Waals surface area contributed by atoms with Gasteiger partial charge < -0.3 is 9.97 Å². The molecule has 5 heteroatoms. The van der Waals surface area contributed by atoms with E-state index in [1.165, 1.54) is 0 Å². The van der Waals surface area contributed by atoms with Crippen LogP contribution >= 0.6 is 0 Å². The fraction of sp³-hybridized carbons (Fsp3) is 0. The van der Waals surface area contributed by atoms with Crippen molar-refractivity contribution < 1.29 is 4.79 Å². The summed E-state index contributed by atoms with van der Waals surface area (Å²) >= 11 is 0. The van der Waals surface area contributed by atoms with Crippen LogP contribution in [0, 0.1) is 0 Å². The zero-order chi connectivity index (χ0) is 15.6. The SMILES string of the molecule is O=C(NN=Cc1cc2ccccc2[nH]1)c1c[nH]c2ccccc12. The van der Waals surface area contributed by atoms with Crippen molar-refractivity contribution in [2.75, 3.05) is 0 Å². The Morgan fingerprint density at radius 2 is 1.83 bits per heavy atom. The van der Waals surface area contributed by atoms with E-state index in [9.17, 15) is 4.79 Å². The highest BCUT2D eigenvalue weighted by Gasteiger charge is 2.10. The van der Waals surface area contributed by atoms with Gasteiger partial charge in [0.15, 0.2) is 0 Å². The van der Waals surface area contributed by atoms with E-state index in [-0.39, 0.29) is 5.91 Å². The van der Waals surface area contributed by atoms with Crippen LogP contribution in [0.2, 0.25) is 0 Å². The van der Waals surface area contributed by atoms with E-state index < -0.39 is 0 Å². The van der Waals surface area contributed by atoms with Gasteiger partial charge in [-0.3, -0.25) is 4.79 Å². The Hall–Kier alpha value is -3.34. The van der Waals surface area contributed by atoms with Gasteiger partial charge in [0.1, 0.15) is 0 Å². The lowest BCUT2D eigenvalue weighted by Gasteiger charge is -1.97. The van der Waals surface area contributed by atoms with Crippen molar-refractivity contribution in [3.05, 3.63) is 72.1 Å². The van der Waals surface area contributed by atoms with Crippen LogP contribution in [-0.4, -0.2) is 22.1 Å². The molecule has 3 N–H and O–H groups in total. The monoisotopic (exact) mass is 302 g/mol. The largest absolute Gasteiger partial charge is 0.360 e. The van der Waals surface area contributed by atoms with Crippen LogP contribution in [0.15, 0.2) is 65.9 Å². The number of carbonyl (C=O) groups is 1. The molecule has 0 saturated carbocycles. The van der Waals surface area contributed by atoms with Gasteiger partial charge in [-0.2, -0.15) is 5.10 Å². The Labute approximate surface area is 132 Å². The van der Waals surface area contributed by atoms with Crippen molar-refractivity contribution in [2.45, 2.75) is 0 Å². The van der Waals surface area contributed by atoms with E-state index in [2.05, 4.69) is 20.5 Å². The summed E-state index contributed by atoms with van der Waals surface area (Å²) in [5.41, 5.74) is 5.94. The quantitative estimate of drug-likeness (QED) is 0.394. The van der Waals surface area contributed by atoms with Crippen LogP contribution in [0.3, 0.4) is 0 Å². The first kappa shape index (κ1) is 13.3. The number of hydrogen-bond donors (Lipinski definition) is 3. The standard InChI is InChI=1S/C18H14N4O/c23-18(15-11-19-17-8-4-2-6-14(15)17)22-20-10-13-9-12-5-1-3-7-16(12)21-13/h1-11,19,21H,(H,22,23). The smallest absolute Gasteiger partial charge is 0.273 e. The number of hydrogen-bond acceptors (Lipinski definition) is 2. The summed E-state index contributed by atoms with van der Waals surface area (Å²) in [6.07, 6.45) is 3.30. The minimum absolute atomic E-state index is 0.241. The Morgan fingerprint density at radius 1 is 1.04 bits per heavy atom. The Balaban J connectivity index is 1.52. The van der Waals surface area contributed by atoms with Gasteiger partial charge >= 0.3 is 0 Å². The van der Waals surface area contributed by atoms with Crippen LogP contribution < -0.4 is 5.43 Å². The number of aromatic amines is 2. The van der Waals surface area contributed by atoms with E-state index in [0.717, 1.165) is 27.5 Å². The molecule has 112 valence electrons. The predicted octanol–water partition coefficient (Wildman–Crippen LogP) is 3.41. The van der Waals surface area contributed by atoms with Crippen LogP contribution in [0.25, 0.3) is 21.8 Å². The van der Waals surface area contributed by atoms with E-state index in [1.54, 1.807) is 12.4 Å². The molecule has 0 atom stereocenters. The molecule has 2 aromatic carbocycles. The molecular formula is C18H14N4O. The molecule has 0 bridgehead atoms. The third kappa shape index (κ3) is 2.48. The maximum absolute atomic E-state index is 12.2. The van der Waals surface area contributed by atoms with E-state index >= 15 is 0 Å². The van der Waals surface area contributed by atoms with Gasteiger partial charge in [-0.15, -0.1) is 0 Å². The minimum Gasteiger partial charge on any atom is -0.360 e. The van der Waals surface area contributed by atoms with Crippen molar-refractivity contribution in [3.8, 4) is 0 Å². The fourth-order valence-electron chi connectivity index (χ4n) is 2.65. The molecule has 0 aliphatic carbocycles. The third-order valence-corrected chi connectivity index (χ3v) is 3.75. The molecule has 4 aromatic rings. The molecule has 0 fully saturated rings. The number of fused-ring (bicyclic) bond motifs is 2. The molecule has 2 aromatic heterocycles. The number of hydrazone groups is 1. The maximum Gasteiger partial charge on any atom is 0.273 e. The molecule has 0 unspecified atom stereocenters. The number of rotatable bonds is 3. The van der Waals surface area contributed by atoms with Crippen LogP contribution in [0.4, 0.5) is 0 Å². The van der Waals surface area contributed by atoms with Gasteiger partial charge in [-0.05, 0) is 18.2 Å². The van der Waals surface area contributed by atoms with Crippen molar-refractivity contribution >= 4 is 33.9 Å². The molecule has 23 heavy (non-hydrogen) atoms. The zero-order valence-electron chi connectivity index (χ0n) is 12.2. The van der Waals surface area contributed by atoms with Crippen LogP contribution in [-0.2, 0) is 0 Å². The third-order valence-electron chi connectivity index (χ3n) is 3.75. The summed E-state index contributed by atoms with van der Waals surface area (Å²) in [6.45, 7) is 0. The van der Waals surface area contributed by atoms with E-state index in [0.29, 0.717) is 5.56 Å². The summed E-state index contributed by atoms with van der Waals surface area (Å²) in [7, 11) is 0. The van der Waals surface area contributed by atoms with E-state index in [4.69, 9.17) is 0 Å². The molecule has 0 aliphatic heterocycles. The second-order valence-corrected chi connectivity index (χ2v) is 5.26. The summed E-state index contributed by atoms with van der Waals surface area (Å²) in [5.74, 6) is -0.241. The zero-order valence-corrected chi connectivity index (χ0v) is 12.2. The normalized spacial score (nSPS) is 11.5. The van der Waals surface area contributed by atoms with Crippen molar-refractivity contribution in [1.29, 1.82) is 0 Å². The first-order valence-corrected chi connectivity index (χ1v) is 7.28. The molecule has 0 radical (unpaired) electrons. The molecule has 0 spiro atoms. The fourth-order valence-corrected chi connectivity index (χ4v) is 2.65. The molecule has 2 heterocycles. The number of benzene rings is 2. The van der Waals surface area contributed by atoms with Gasteiger partial charge in [0.2, 0.25) is 0 Å². The molecule has 1 amide bonds. The van der Waals surface area contributed by atoms with Crippen molar-refractivity contribution in [2.24, 2.45) is 5.10 Å². The second-order valence-electron chi connectivity index (χ2n) is 5.26. The maximum atomic E-state index is 12.2. The molecular weight excluding hydrogens is 288 g/mol. The summed E-state index contributed by atoms with van der Waals surface area (Å²) in [5, 5.41) is 6.02. The highest BCUT2D eigenvalue weighted by molar-refractivity contribution is 6.06. The van der Waals surface area contributed by atoms with Crippen molar-refractivity contribution in [1.82, 2.24) is 15.4 Å². The average Bonchev–Trinajstić information content (AvgIpc) is 3.18. The summed E-state index contributed by atoms with van der Waals surface area (Å²) in [6, 6.07) is 17.6. The topological polar surface area (TPSA) is 73.0 Å². The van der Waals surface area contributed by atoms with Crippen LogP contribution in [0.5, 0.6) is 0 Å². The number of carbonyl (C=O) groups excluding carboxylic acids is 1. The van der Waals surface area contributed by atoms with E-state index in [1.807, 2.05) is 54.6 Å². The highest BCUT2D eigenvalue weighted by atomic mass is 16.2. The van der Waals surface area contributed by atoms with Gasteiger partial charge in [-0.1, -0.05) is 36.4 Å². The van der Waals surface area contributed by atoms with Gasteiger partial charge in [-0.25, -0.2) is 5.43 Å². The number of para-hydroxylation sites is 2. The van der Waals surface area contributed by atoms with Crippen LogP contribution in [0.1, 0.15) is 16.1 Å². The number of amides is 1. The van der Waals surface area contributed by atoms with Gasteiger partial charge in [0.05, 0.1) is 17.5 Å². The lowest BCUT2D eigenvalue weighted by atomic mass is 10.2. The second kappa shape index (κ2) is 5.46. The molecule has 4 rings (SSSR count). The van der Waals surface area contributed by atoms with Gasteiger partial charge in [0.25, 0.3) is 5.91 Å². The number of H-pyrrole nitrogens is 2. The first-order chi connectivity index (χ1) is 11.3. The average molecular weight is 302 g/mol. The Morgan fingerprint density at radius 3 is 2.70 bits per heavy atom. The van der Waals surface area contributed by atoms with Gasteiger partial charge in [0, 0.05) is 28.0 Å². The number of nitrogens with zero attached hydrogens (tertiary/aromatic N) is 1. The number of nitrogens with one attached hydrogen (secondary N) is 3. The lowest BCUT2D eigenvalue weighted by Crippen LogP contribution is -2.17. The minimum atomic E-state index is -0.241. The molecule has 0 saturated heterocycles. The lowest BCUT2D eigenvalue weighted by molar-refractivity contribution is 0.0957. The Bertz CT molecular complexity index is 993. The first-order valence-electron chi connectivity index (χ1n) is 7.28. The molecule has 5 nitrogen and oxygen atoms in total. The predicted molar refractivity (Wildman–Crippen MR) is 91.7 cm³/mol. The Kier molecular flexibility index (Phi) is 3.16. The number of aromatic nitrogens is 2. The highest BCUT2D eigenvalue weighted by Crippen LogP contribution is 2.17. The molecule has 0 aliphatic rings. The summed E-state index contributed by atoms with van der Waals surface area (Å²) < 4.78 is 0. The summed E-state index contributed by atoms with van der Waals surface area (Å²) in [4.78, 5) is 18.5.